The number of aliphatic hydroxyl groups excluding tert-OH is 1. The highest BCUT2D eigenvalue weighted by Crippen LogP contribution is 1.88. The number of aliphatic hydroxyl groups is 1. The van der Waals surface area contributed by atoms with Crippen LogP contribution in [-0.2, 0) is 4.79 Å². The first-order valence-electron chi connectivity index (χ1n) is 3.79. The minimum absolute atomic E-state index is 0.110. The van der Waals surface area contributed by atoms with Crippen LogP contribution in [0.4, 0.5) is 0 Å². The summed E-state index contributed by atoms with van der Waals surface area (Å²) < 4.78 is 0. The molecule has 4 heteroatoms. The highest BCUT2D eigenvalue weighted by Gasteiger charge is 2.03. The standard InChI is InChI=1S/C7H16N2O2/c1-6(5-7(8)11)9-3-2-4-10/h6,9-10H,2-5H2,1H3,(H2,8,11). The zero-order valence-electron chi connectivity index (χ0n) is 6.84. The first kappa shape index (κ1) is 10.4. The molecule has 4 N–H and O–H groups in total. The van der Waals surface area contributed by atoms with Crippen molar-refractivity contribution in [2.45, 2.75) is 25.8 Å². The van der Waals surface area contributed by atoms with Crippen molar-refractivity contribution in [1.82, 2.24) is 5.32 Å². The summed E-state index contributed by atoms with van der Waals surface area (Å²) in [4.78, 5) is 10.4. The van der Waals surface area contributed by atoms with E-state index in [2.05, 4.69) is 5.32 Å². The van der Waals surface area contributed by atoms with Gasteiger partial charge in [0.25, 0.3) is 0 Å². The Morgan fingerprint density at radius 1 is 1.73 bits per heavy atom. The van der Waals surface area contributed by atoms with E-state index < -0.39 is 0 Å². The molecular formula is C7H16N2O2. The van der Waals surface area contributed by atoms with E-state index in [0.29, 0.717) is 12.8 Å². The number of primary amides is 1. The van der Waals surface area contributed by atoms with Crippen LogP contribution in [0.25, 0.3) is 0 Å². The van der Waals surface area contributed by atoms with Crippen molar-refractivity contribution in [2.75, 3.05) is 13.2 Å². The maximum Gasteiger partial charge on any atom is 0.218 e. The topological polar surface area (TPSA) is 75.4 Å². The third-order valence-electron chi connectivity index (χ3n) is 1.34. The van der Waals surface area contributed by atoms with Crippen LogP contribution >= 0.6 is 0 Å². The van der Waals surface area contributed by atoms with Crippen LogP contribution < -0.4 is 11.1 Å². The molecular weight excluding hydrogens is 144 g/mol. The van der Waals surface area contributed by atoms with Crippen LogP contribution in [0.1, 0.15) is 19.8 Å². The summed E-state index contributed by atoms with van der Waals surface area (Å²) in [6.45, 7) is 2.80. The molecule has 1 unspecified atom stereocenters. The molecule has 0 spiro atoms. The Kier molecular flexibility index (Phi) is 5.78. The minimum atomic E-state index is -0.297. The van der Waals surface area contributed by atoms with Gasteiger partial charge in [-0.2, -0.15) is 0 Å². The van der Waals surface area contributed by atoms with Crippen LogP contribution in [0.3, 0.4) is 0 Å². The van der Waals surface area contributed by atoms with E-state index in [4.69, 9.17) is 10.8 Å². The molecule has 1 amide bonds. The lowest BCUT2D eigenvalue weighted by atomic mass is 10.2. The van der Waals surface area contributed by atoms with E-state index in [1.165, 1.54) is 0 Å². The fourth-order valence-corrected chi connectivity index (χ4v) is 0.801. The largest absolute Gasteiger partial charge is 0.396 e. The van der Waals surface area contributed by atoms with Crippen molar-refractivity contribution in [2.24, 2.45) is 5.73 Å². The molecule has 0 aromatic carbocycles. The summed E-state index contributed by atoms with van der Waals surface area (Å²) in [5, 5.41) is 11.5. The third kappa shape index (κ3) is 7.29. The molecule has 0 saturated carbocycles. The van der Waals surface area contributed by atoms with E-state index in [1.807, 2.05) is 6.92 Å². The number of hydrogen-bond donors (Lipinski definition) is 3. The smallest absolute Gasteiger partial charge is 0.218 e. The number of nitrogens with two attached hydrogens (primary N) is 1. The molecule has 0 aliphatic heterocycles. The van der Waals surface area contributed by atoms with Gasteiger partial charge in [0.1, 0.15) is 0 Å². The lowest BCUT2D eigenvalue weighted by Gasteiger charge is -2.10. The Balaban J connectivity index is 3.22. The molecule has 0 fully saturated rings. The Bertz CT molecular complexity index is 117. The van der Waals surface area contributed by atoms with Gasteiger partial charge in [-0.25, -0.2) is 0 Å². The lowest BCUT2D eigenvalue weighted by Crippen LogP contribution is -2.31. The van der Waals surface area contributed by atoms with Crippen molar-refractivity contribution in [1.29, 1.82) is 0 Å². The molecule has 0 aromatic rings. The molecule has 0 aliphatic carbocycles. The molecule has 0 saturated heterocycles. The van der Waals surface area contributed by atoms with Crippen LogP contribution in [0.15, 0.2) is 0 Å². The molecule has 0 rings (SSSR count). The first-order chi connectivity index (χ1) is 5.16. The number of nitrogens with one attached hydrogen (secondary N) is 1. The Morgan fingerprint density at radius 2 is 2.36 bits per heavy atom. The Hall–Kier alpha value is -0.610. The molecule has 0 bridgehead atoms. The van der Waals surface area contributed by atoms with Gasteiger partial charge in [0, 0.05) is 19.1 Å². The predicted octanol–water partition coefficient (Wildman–Crippen LogP) is -0.778. The molecule has 1 atom stereocenters. The summed E-state index contributed by atoms with van der Waals surface area (Å²) in [6, 6.07) is 0.110. The van der Waals surface area contributed by atoms with Gasteiger partial charge >= 0.3 is 0 Å². The van der Waals surface area contributed by atoms with Gasteiger partial charge in [0.15, 0.2) is 0 Å². The van der Waals surface area contributed by atoms with Gasteiger partial charge in [-0.05, 0) is 19.9 Å². The molecule has 0 aliphatic rings. The van der Waals surface area contributed by atoms with E-state index in [9.17, 15) is 4.79 Å². The normalized spacial score (nSPS) is 12.9. The highest BCUT2D eigenvalue weighted by molar-refractivity contribution is 5.74. The van der Waals surface area contributed by atoms with Gasteiger partial charge in [0.05, 0.1) is 0 Å². The summed E-state index contributed by atoms with van der Waals surface area (Å²) in [7, 11) is 0. The number of rotatable bonds is 6. The lowest BCUT2D eigenvalue weighted by molar-refractivity contribution is -0.118. The number of carbonyl (C=O) groups excluding carboxylic acids is 1. The number of hydrogen-bond acceptors (Lipinski definition) is 3. The van der Waals surface area contributed by atoms with Crippen molar-refractivity contribution in [3.63, 3.8) is 0 Å². The molecule has 11 heavy (non-hydrogen) atoms. The second kappa shape index (κ2) is 6.12. The molecule has 4 nitrogen and oxygen atoms in total. The Morgan fingerprint density at radius 3 is 2.82 bits per heavy atom. The van der Waals surface area contributed by atoms with Crippen LogP contribution in [0.2, 0.25) is 0 Å². The minimum Gasteiger partial charge on any atom is -0.396 e. The van der Waals surface area contributed by atoms with Gasteiger partial charge in [-0.1, -0.05) is 0 Å². The highest BCUT2D eigenvalue weighted by atomic mass is 16.3. The molecule has 0 radical (unpaired) electrons. The second-order valence-corrected chi connectivity index (χ2v) is 2.60. The van der Waals surface area contributed by atoms with Crippen molar-refractivity contribution in [3.8, 4) is 0 Å². The van der Waals surface area contributed by atoms with E-state index in [-0.39, 0.29) is 18.6 Å². The monoisotopic (exact) mass is 160 g/mol. The molecule has 0 aromatic heterocycles. The van der Waals surface area contributed by atoms with Crippen molar-refractivity contribution in [3.05, 3.63) is 0 Å². The number of amides is 1. The van der Waals surface area contributed by atoms with Gasteiger partial charge in [-0.15, -0.1) is 0 Å². The average Bonchev–Trinajstić information content (AvgIpc) is 1.86. The summed E-state index contributed by atoms with van der Waals surface area (Å²) in [5.41, 5.74) is 4.97. The number of carbonyl (C=O) groups is 1. The zero-order chi connectivity index (χ0) is 8.69. The van der Waals surface area contributed by atoms with Crippen molar-refractivity contribution < 1.29 is 9.90 Å². The fraction of sp³-hybridized carbons (Fsp3) is 0.857. The fourth-order valence-electron chi connectivity index (χ4n) is 0.801. The van der Waals surface area contributed by atoms with Crippen LogP contribution in [-0.4, -0.2) is 30.2 Å². The maximum absolute atomic E-state index is 10.4. The summed E-state index contributed by atoms with van der Waals surface area (Å²) in [5.74, 6) is -0.297. The second-order valence-electron chi connectivity index (χ2n) is 2.60. The molecule has 0 heterocycles. The van der Waals surface area contributed by atoms with Crippen LogP contribution in [0.5, 0.6) is 0 Å². The quantitative estimate of drug-likeness (QED) is 0.446. The van der Waals surface area contributed by atoms with E-state index >= 15 is 0 Å². The van der Waals surface area contributed by atoms with Gasteiger partial charge in [0.2, 0.25) is 5.91 Å². The SMILES string of the molecule is CC(CC(N)=O)NCCCO. The zero-order valence-corrected chi connectivity index (χ0v) is 6.84. The van der Waals surface area contributed by atoms with Gasteiger partial charge in [-0.3, -0.25) is 4.79 Å². The average molecular weight is 160 g/mol. The Labute approximate surface area is 66.8 Å². The molecule has 66 valence electrons. The predicted molar refractivity (Wildman–Crippen MR) is 43.0 cm³/mol. The maximum atomic E-state index is 10.4. The van der Waals surface area contributed by atoms with E-state index in [0.717, 1.165) is 6.54 Å². The van der Waals surface area contributed by atoms with Crippen LogP contribution in [0, 0.1) is 0 Å². The van der Waals surface area contributed by atoms with Crippen molar-refractivity contribution >= 4 is 5.91 Å². The van der Waals surface area contributed by atoms with Gasteiger partial charge < -0.3 is 16.2 Å². The van der Waals surface area contributed by atoms with E-state index in [1.54, 1.807) is 0 Å². The summed E-state index contributed by atoms with van der Waals surface area (Å²) >= 11 is 0. The summed E-state index contributed by atoms with van der Waals surface area (Å²) in [6.07, 6.45) is 1.06. The third-order valence-corrected chi connectivity index (χ3v) is 1.34. The first-order valence-corrected chi connectivity index (χ1v) is 3.79.